The molecule has 2 aliphatic heterocycles. The van der Waals surface area contributed by atoms with Crippen molar-refractivity contribution in [1.82, 2.24) is 10.2 Å². The number of thioether (sulfide) groups is 1. The van der Waals surface area contributed by atoms with E-state index < -0.39 is 0 Å². The Labute approximate surface area is 99.1 Å². The van der Waals surface area contributed by atoms with Crippen LogP contribution in [0.3, 0.4) is 0 Å². The van der Waals surface area contributed by atoms with Gasteiger partial charge in [0.15, 0.2) is 0 Å². The first-order valence-corrected chi connectivity index (χ1v) is 6.47. The van der Waals surface area contributed by atoms with Gasteiger partial charge in [-0.05, 0) is 12.8 Å². The Morgan fingerprint density at radius 2 is 2.31 bits per heavy atom. The molecule has 2 fully saturated rings. The number of nitrogens with two attached hydrogens (primary N) is 1. The van der Waals surface area contributed by atoms with Crippen molar-refractivity contribution in [2.75, 3.05) is 18.8 Å². The molecular formula is C10H17N3O2S. The highest BCUT2D eigenvalue weighted by atomic mass is 32.2. The summed E-state index contributed by atoms with van der Waals surface area (Å²) < 4.78 is 0. The number of amides is 2. The number of carbonyl (C=O) groups excluding carboxylic acids is 2. The summed E-state index contributed by atoms with van der Waals surface area (Å²) in [6, 6.07) is -0.253. The molecule has 6 heteroatoms. The molecule has 0 aromatic heterocycles. The third kappa shape index (κ3) is 2.17. The Kier molecular flexibility index (Phi) is 3.12. The van der Waals surface area contributed by atoms with Gasteiger partial charge < -0.3 is 10.6 Å². The lowest BCUT2D eigenvalue weighted by Gasteiger charge is -2.39. The molecule has 90 valence electrons. The van der Waals surface area contributed by atoms with Crippen LogP contribution >= 0.6 is 11.8 Å². The molecule has 2 rings (SSSR count). The van der Waals surface area contributed by atoms with Crippen LogP contribution < -0.4 is 11.1 Å². The van der Waals surface area contributed by atoms with E-state index in [1.165, 1.54) is 0 Å². The van der Waals surface area contributed by atoms with E-state index in [0.717, 1.165) is 19.4 Å². The standard InChI is InChI=1S/C10H17N3O2S/c1-7(14)13-4-2-3-10(6-13)12-8(5-16-10)9(11)15/h8,12H,2-6H2,1H3,(H2,11,15)/t8-,10?/m0/s1. The van der Waals surface area contributed by atoms with E-state index in [0.29, 0.717) is 12.3 Å². The van der Waals surface area contributed by atoms with E-state index in [1.807, 2.05) is 4.90 Å². The van der Waals surface area contributed by atoms with Gasteiger partial charge in [-0.1, -0.05) is 0 Å². The van der Waals surface area contributed by atoms with Gasteiger partial charge in [-0.25, -0.2) is 0 Å². The zero-order valence-corrected chi connectivity index (χ0v) is 10.2. The smallest absolute Gasteiger partial charge is 0.235 e. The highest BCUT2D eigenvalue weighted by molar-refractivity contribution is 8.01. The molecule has 2 amide bonds. The second-order valence-electron chi connectivity index (χ2n) is 4.45. The molecule has 5 nitrogen and oxygen atoms in total. The Morgan fingerprint density at radius 3 is 2.88 bits per heavy atom. The monoisotopic (exact) mass is 243 g/mol. The lowest BCUT2D eigenvalue weighted by Crippen LogP contribution is -2.56. The number of hydrogen-bond donors (Lipinski definition) is 2. The van der Waals surface area contributed by atoms with E-state index in [-0.39, 0.29) is 22.7 Å². The number of piperidine rings is 1. The molecule has 0 aliphatic carbocycles. The van der Waals surface area contributed by atoms with Gasteiger partial charge in [0, 0.05) is 25.8 Å². The first-order valence-electron chi connectivity index (χ1n) is 5.49. The quantitative estimate of drug-likeness (QED) is 0.652. The molecule has 3 N–H and O–H groups in total. The Bertz CT molecular complexity index is 323. The number of nitrogens with zero attached hydrogens (tertiary/aromatic N) is 1. The van der Waals surface area contributed by atoms with Crippen molar-refractivity contribution < 1.29 is 9.59 Å². The van der Waals surface area contributed by atoms with Crippen molar-refractivity contribution >= 4 is 23.6 Å². The fourth-order valence-corrected chi connectivity index (χ4v) is 3.82. The maximum atomic E-state index is 11.4. The van der Waals surface area contributed by atoms with Gasteiger partial charge in [-0.2, -0.15) is 0 Å². The Morgan fingerprint density at radius 1 is 1.56 bits per heavy atom. The molecule has 1 spiro atoms. The minimum Gasteiger partial charge on any atom is -0.368 e. The van der Waals surface area contributed by atoms with E-state index in [1.54, 1.807) is 18.7 Å². The second kappa shape index (κ2) is 4.25. The Hall–Kier alpha value is -0.750. The number of nitrogens with one attached hydrogen (secondary N) is 1. The molecule has 1 unspecified atom stereocenters. The average Bonchev–Trinajstić information content (AvgIpc) is 2.62. The van der Waals surface area contributed by atoms with E-state index in [2.05, 4.69) is 5.32 Å². The van der Waals surface area contributed by atoms with Gasteiger partial charge in [0.05, 0.1) is 10.9 Å². The molecule has 2 aliphatic rings. The molecule has 2 atom stereocenters. The summed E-state index contributed by atoms with van der Waals surface area (Å²) >= 11 is 1.72. The summed E-state index contributed by atoms with van der Waals surface area (Å²) in [5, 5.41) is 3.29. The van der Waals surface area contributed by atoms with Crippen LogP contribution in [0.25, 0.3) is 0 Å². The Balaban J connectivity index is 2.03. The molecule has 0 radical (unpaired) electrons. The summed E-state index contributed by atoms with van der Waals surface area (Å²) in [6.07, 6.45) is 1.97. The average molecular weight is 243 g/mol. The molecular weight excluding hydrogens is 226 g/mol. The van der Waals surface area contributed by atoms with Crippen LogP contribution in [0, 0.1) is 0 Å². The van der Waals surface area contributed by atoms with Gasteiger partial charge in [0.1, 0.15) is 0 Å². The molecule has 2 heterocycles. The maximum Gasteiger partial charge on any atom is 0.235 e. The fraction of sp³-hybridized carbons (Fsp3) is 0.800. The van der Waals surface area contributed by atoms with Crippen LogP contribution in [0.4, 0.5) is 0 Å². The van der Waals surface area contributed by atoms with Gasteiger partial charge in [0.25, 0.3) is 0 Å². The summed E-state index contributed by atoms with van der Waals surface area (Å²) in [4.78, 5) is 24.2. The first-order chi connectivity index (χ1) is 7.52. The van der Waals surface area contributed by atoms with Crippen molar-refractivity contribution in [2.24, 2.45) is 5.73 Å². The third-order valence-electron chi connectivity index (χ3n) is 3.21. The highest BCUT2D eigenvalue weighted by Crippen LogP contribution is 2.37. The van der Waals surface area contributed by atoms with Gasteiger partial charge >= 0.3 is 0 Å². The number of carbonyl (C=O) groups is 2. The van der Waals surface area contributed by atoms with Crippen LogP contribution in [0.1, 0.15) is 19.8 Å². The van der Waals surface area contributed by atoms with Crippen molar-refractivity contribution in [3.8, 4) is 0 Å². The molecule has 0 aromatic carbocycles. The lowest BCUT2D eigenvalue weighted by molar-refractivity contribution is -0.130. The van der Waals surface area contributed by atoms with Crippen LogP contribution in [0.15, 0.2) is 0 Å². The number of likely N-dealkylation sites (tertiary alicyclic amines) is 1. The van der Waals surface area contributed by atoms with Crippen LogP contribution in [-0.2, 0) is 9.59 Å². The summed E-state index contributed by atoms with van der Waals surface area (Å²) in [6.45, 7) is 3.08. The predicted molar refractivity (Wildman–Crippen MR) is 62.8 cm³/mol. The maximum absolute atomic E-state index is 11.4. The van der Waals surface area contributed by atoms with Crippen molar-refractivity contribution in [3.05, 3.63) is 0 Å². The minimum absolute atomic E-state index is 0.101. The number of hydrogen-bond acceptors (Lipinski definition) is 4. The molecule has 2 saturated heterocycles. The highest BCUT2D eigenvalue weighted by Gasteiger charge is 2.44. The largest absolute Gasteiger partial charge is 0.368 e. The minimum atomic E-state index is -0.302. The van der Waals surface area contributed by atoms with Crippen LogP contribution in [-0.4, -0.2) is 46.5 Å². The molecule has 0 bridgehead atoms. The third-order valence-corrected chi connectivity index (χ3v) is 4.71. The number of primary amides is 1. The zero-order valence-electron chi connectivity index (χ0n) is 9.36. The SMILES string of the molecule is CC(=O)N1CCCC2(C1)N[C@H](C(N)=O)CS2. The van der Waals surface area contributed by atoms with Crippen molar-refractivity contribution in [3.63, 3.8) is 0 Å². The number of rotatable bonds is 1. The van der Waals surface area contributed by atoms with Crippen LogP contribution in [0.2, 0.25) is 0 Å². The summed E-state index contributed by atoms with van der Waals surface area (Å²) in [5.41, 5.74) is 5.29. The van der Waals surface area contributed by atoms with Gasteiger partial charge in [-0.3, -0.25) is 14.9 Å². The van der Waals surface area contributed by atoms with Crippen molar-refractivity contribution in [1.29, 1.82) is 0 Å². The second-order valence-corrected chi connectivity index (χ2v) is 5.85. The topological polar surface area (TPSA) is 75.4 Å². The van der Waals surface area contributed by atoms with Crippen LogP contribution in [0.5, 0.6) is 0 Å². The fourth-order valence-electron chi connectivity index (χ4n) is 2.32. The van der Waals surface area contributed by atoms with Crippen molar-refractivity contribution in [2.45, 2.75) is 30.7 Å². The normalized spacial score (nSPS) is 34.3. The van der Waals surface area contributed by atoms with E-state index in [9.17, 15) is 9.59 Å². The summed E-state index contributed by atoms with van der Waals surface area (Å²) in [5.74, 6) is 0.509. The van der Waals surface area contributed by atoms with E-state index in [4.69, 9.17) is 5.73 Å². The summed E-state index contributed by atoms with van der Waals surface area (Å²) in [7, 11) is 0. The van der Waals surface area contributed by atoms with Gasteiger partial charge in [0.2, 0.25) is 11.8 Å². The zero-order chi connectivity index (χ0) is 11.8. The van der Waals surface area contributed by atoms with E-state index >= 15 is 0 Å². The lowest BCUT2D eigenvalue weighted by atomic mass is 10.0. The van der Waals surface area contributed by atoms with Gasteiger partial charge in [-0.15, -0.1) is 11.8 Å². The first kappa shape index (κ1) is 11.7. The predicted octanol–water partition coefficient (Wildman–Crippen LogP) is -0.485. The molecule has 16 heavy (non-hydrogen) atoms. The molecule has 0 saturated carbocycles. The molecule has 0 aromatic rings.